The van der Waals surface area contributed by atoms with Crippen molar-refractivity contribution in [3.05, 3.63) is 52.4 Å². The first-order valence-electron chi connectivity index (χ1n) is 7.80. The average molecular weight is 456 g/mol. The number of aromatic nitrogens is 1. The number of halogens is 2. The standard InChI is InChI=1S/C17H15BrFN3O4S/c18-10-2-4-14(13(19)5-10)21-15-12(3-1-9-6-20-27-16(9)15)17(25)22-26-8-11(24)7-23/h1-6,11,21,23-24H,7-8H2,(H,22,25)/t11-/m1/s1. The molecule has 0 bridgehead atoms. The fraction of sp³-hybridized carbons (Fsp3) is 0.176. The van der Waals surface area contributed by atoms with E-state index in [4.69, 9.17) is 9.94 Å². The van der Waals surface area contributed by atoms with E-state index in [1.807, 2.05) is 0 Å². The summed E-state index contributed by atoms with van der Waals surface area (Å²) >= 11 is 4.37. The Kier molecular flexibility index (Phi) is 6.34. The fourth-order valence-electron chi connectivity index (χ4n) is 2.28. The van der Waals surface area contributed by atoms with E-state index < -0.39 is 24.4 Å². The molecule has 10 heteroatoms. The van der Waals surface area contributed by atoms with Gasteiger partial charge in [-0.25, -0.2) is 9.87 Å². The number of amides is 1. The lowest BCUT2D eigenvalue weighted by Gasteiger charge is -2.14. The number of rotatable bonds is 7. The number of nitrogens with zero attached hydrogens (tertiary/aromatic N) is 1. The quantitative estimate of drug-likeness (QED) is 0.408. The zero-order valence-electron chi connectivity index (χ0n) is 13.8. The zero-order valence-corrected chi connectivity index (χ0v) is 16.2. The molecule has 4 N–H and O–H groups in total. The van der Waals surface area contributed by atoms with E-state index in [9.17, 15) is 14.3 Å². The molecule has 3 aromatic rings. The minimum atomic E-state index is -1.11. The Morgan fingerprint density at radius 2 is 2.19 bits per heavy atom. The summed E-state index contributed by atoms with van der Waals surface area (Å²) in [4.78, 5) is 17.4. The summed E-state index contributed by atoms with van der Waals surface area (Å²) in [6.45, 7) is -0.756. The number of fused-ring (bicyclic) bond motifs is 1. The topological polar surface area (TPSA) is 104 Å². The third-order valence-corrected chi connectivity index (χ3v) is 4.94. The van der Waals surface area contributed by atoms with E-state index in [0.717, 1.165) is 5.39 Å². The van der Waals surface area contributed by atoms with Crippen molar-refractivity contribution < 1.29 is 24.2 Å². The number of aliphatic hydroxyl groups is 2. The summed E-state index contributed by atoms with van der Waals surface area (Å²) in [6.07, 6.45) is 0.544. The van der Waals surface area contributed by atoms with E-state index in [-0.39, 0.29) is 17.9 Å². The molecule has 0 spiro atoms. The molecule has 7 nitrogen and oxygen atoms in total. The molecule has 0 unspecified atom stereocenters. The van der Waals surface area contributed by atoms with Gasteiger partial charge in [0.1, 0.15) is 18.5 Å². The van der Waals surface area contributed by atoms with Gasteiger partial charge in [-0.05, 0) is 35.8 Å². The van der Waals surface area contributed by atoms with E-state index >= 15 is 0 Å². The second kappa shape index (κ2) is 8.72. The van der Waals surface area contributed by atoms with Crippen LogP contribution in [0.5, 0.6) is 0 Å². The van der Waals surface area contributed by atoms with Crippen molar-refractivity contribution >= 4 is 54.8 Å². The van der Waals surface area contributed by atoms with Crippen molar-refractivity contribution in [2.24, 2.45) is 0 Å². The lowest BCUT2D eigenvalue weighted by Crippen LogP contribution is -2.30. The Balaban J connectivity index is 1.91. The third-order valence-electron chi connectivity index (χ3n) is 3.61. The van der Waals surface area contributed by atoms with E-state index in [1.165, 1.54) is 17.6 Å². The molecular weight excluding hydrogens is 441 g/mol. The number of benzene rings is 2. The van der Waals surface area contributed by atoms with Gasteiger partial charge < -0.3 is 15.5 Å². The second-order valence-electron chi connectivity index (χ2n) is 5.56. The Morgan fingerprint density at radius 1 is 1.37 bits per heavy atom. The van der Waals surface area contributed by atoms with Crippen LogP contribution in [0.25, 0.3) is 10.1 Å². The Hall–Kier alpha value is -2.11. The maximum Gasteiger partial charge on any atom is 0.277 e. The van der Waals surface area contributed by atoms with Crippen molar-refractivity contribution in [2.45, 2.75) is 6.10 Å². The van der Waals surface area contributed by atoms with Crippen LogP contribution < -0.4 is 10.8 Å². The van der Waals surface area contributed by atoms with E-state index in [0.29, 0.717) is 14.9 Å². The number of hydrogen-bond acceptors (Lipinski definition) is 7. The molecule has 0 saturated carbocycles. The van der Waals surface area contributed by atoms with Gasteiger partial charge in [-0.2, -0.15) is 4.37 Å². The first-order valence-corrected chi connectivity index (χ1v) is 9.36. The van der Waals surface area contributed by atoms with Crippen molar-refractivity contribution in [3.63, 3.8) is 0 Å². The highest BCUT2D eigenvalue weighted by Gasteiger charge is 2.18. The molecule has 3 rings (SSSR count). The van der Waals surface area contributed by atoms with Crippen molar-refractivity contribution in [2.75, 3.05) is 18.5 Å². The van der Waals surface area contributed by atoms with Gasteiger partial charge in [-0.3, -0.25) is 9.63 Å². The average Bonchev–Trinajstić information content (AvgIpc) is 3.12. The lowest BCUT2D eigenvalue weighted by atomic mass is 10.1. The molecule has 1 amide bonds. The first kappa shape index (κ1) is 19.6. The smallest absolute Gasteiger partial charge is 0.277 e. The van der Waals surface area contributed by atoms with Gasteiger partial charge in [-0.1, -0.05) is 22.0 Å². The maximum absolute atomic E-state index is 14.2. The van der Waals surface area contributed by atoms with Crippen molar-refractivity contribution in [3.8, 4) is 0 Å². The summed E-state index contributed by atoms with van der Waals surface area (Å²) in [5, 5.41) is 21.8. The highest BCUT2D eigenvalue weighted by molar-refractivity contribution is 9.10. The predicted molar refractivity (Wildman–Crippen MR) is 104 cm³/mol. The zero-order chi connectivity index (χ0) is 19.4. The Morgan fingerprint density at radius 3 is 2.93 bits per heavy atom. The molecule has 1 heterocycles. The summed E-state index contributed by atoms with van der Waals surface area (Å²) < 4.78 is 19.6. The van der Waals surface area contributed by atoms with Gasteiger partial charge in [0.2, 0.25) is 0 Å². The van der Waals surface area contributed by atoms with E-state index in [2.05, 4.69) is 31.1 Å². The van der Waals surface area contributed by atoms with E-state index in [1.54, 1.807) is 30.5 Å². The lowest BCUT2D eigenvalue weighted by molar-refractivity contribution is -0.0295. The molecule has 142 valence electrons. The van der Waals surface area contributed by atoms with Gasteiger partial charge >= 0.3 is 0 Å². The van der Waals surface area contributed by atoms with Crippen LogP contribution in [-0.2, 0) is 4.84 Å². The SMILES string of the molecule is O=C(NOC[C@H](O)CO)c1ccc2cnsc2c1Nc1ccc(Br)cc1F. The number of anilines is 2. The number of carbonyl (C=O) groups is 1. The minimum absolute atomic E-state index is 0.199. The second-order valence-corrected chi connectivity index (χ2v) is 7.28. The molecule has 0 radical (unpaired) electrons. The largest absolute Gasteiger partial charge is 0.394 e. The minimum Gasteiger partial charge on any atom is -0.394 e. The van der Waals surface area contributed by atoms with Crippen LogP contribution >= 0.6 is 27.5 Å². The van der Waals surface area contributed by atoms with Crippen LogP contribution in [-0.4, -0.2) is 39.8 Å². The molecule has 2 aromatic carbocycles. The Bertz CT molecular complexity index is 969. The first-order chi connectivity index (χ1) is 13.0. The predicted octanol–water partition coefficient (Wildman–Crippen LogP) is 2.96. The van der Waals surface area contributed by atoms with Crippen LogP contribution in [0.3, 0.4) is 0 Å². The third kappa shape index (κ3) is 4.60. The molecule has 1 atom stereocenters. The molecule has 0 fully saturated rings. The molecule has 0 aliphatic heterocycles. The summed E-state index contributed by atoms with van der Waals surface area (Å²) in [6, 6.07) is 7.83. The van der Waals surface area contributed by atoms with Crippen molar-refractivity contribution in [1.82, 2.24) is 9.85 Å². The van der Waals surface area contributed by atoms with Gasteiger partial charge in [0.05, 0.1) is 28.2 Å². The van der Waals surface area contributed by atoms with Crippen molar-refractivity contribution in [1.29, 1.82) is 0 Å². The Labute approximate surface area is 166 Å². The van der Waals surface area contributed by atoms with Crippen LogP contribution in [0.15, 0.2) is 41.0 Å². The highest BCUT2D eigenvalue weighted by atomic mass is 79.9. The maximum atomic E-state index is 14.2. The number of hydroxylamine groups is 1. The highest BCUT2D eigenvalue weighted by Crippen LogP contribution is 2.34. The van der Waals surface area contributed by atoms with Gasteiger partial charge in [0.15, 0.2) is 0 Å². The summed E-state index contributed by atoms with van der Waals surface area (Å²) in [5.74, 6) is -1.07. The summed E-state index contributed by atoms with van der Waals surface area (Å²) in [7, 11) is 0. The van der Waals surface area contributed by atoms with Crippen LogP contribution in [0, 0.1) is 5.82 Å². The fourth-order valence-corrected chi connectivity index (χ4v) is 3.37. The molecular formula is C17H15BrFN3O4S. The number of aliphatic hydroxyl groups excluding tert-OH is 2. The number of nitrogens with one attached hydrogen (secondary N) is 2. The number of hydrogen-bond donors (Lipinski definition) is 4. The van der Waals surface area contributed by atoms with Crippen LogP contribution in [0.4, 0.5) is 15.8 Å². The summed E-state index contributed by atoms with van der Waals surface area (Å²) in [5.41, 5.74) is 3.01. The van der Waals surface area contributed by atoms with Gasteiger partial charge in [-0.15, -0.1) is 0 Å². The van der Waals surface area contributed by atoms with Gasteiger partial charge in [0.25, 0.3) is 5.91 Å². The molecule has 27 heavy (non-hydrogen) atoms. The van der Waals surface area contributed by atoms with Gasteiger partial charge in [0, 0.05) is 16.1 Å². The van der Waals surface area contributed by atoms with Crippen LogP contribution in [0.1, 0.15) is 10.4 Å². The number of carbonyl (C=O) groups excluding carboxylic acids is 1. The normalized spacial score (nSPS) is 12.1. The monoisotopic (exact) mass is 455 g/mol. The molecule has 1 aromatic heterocycles. The van der Waals surface area contributed by atoms with Crippen LogP contribution in [0.2, 0.25) is 0 Å². The molecule has 0 aliphatic carbocycles. The molecule has 0 aliphatic rings. The molecule has 0 saturated heterocycles.